The molecule has 0 spiro atoms. The highest BCUT2D eigenvalue weighted by Crippen LogP contribution is 2.35. The fourth-order valence-corrected chi connectivity index (χ4v) is 3.21. The van der Waals surface area contributed by atoms with E-state index in [9.17, 15) is 4.79 Å². The predicted molar refractivity (Wildman–Crippen MR) is 99.9 cm³/mol. The van der Waals surface area contributed by atoms with Crippen molar-refractivity contribution in [3.63, 3.8) is 0 Å². The molecule has 2 rings (SSSR count). The van der Waals surface area contributed by atoms with Gasteiger partial charge in [-0.05, 0) is 35.3 Å². The van der Waals surface area contributed by atoms with E-state index in [1.807, 2.05) is 6.07 Å². The van der Waals surface area contributed by atoms with Crippen molar-refractivity contribution in [2.75, 3.05) is 0 Å². The third kappa shape index (κ3) is 4.99. The number of amides is 1. The zero-order valence-electron chi connectivity index (χ0n) is 16.2. The Morgan fingerprint density at radius 2 is 1.62 bits per heavy atom. The van der Waals surface area contributed by atoms with Crippen molar-refractivity contribution in [3.05, 3.63) is 29.3 Å². The molecule has 1 aliphatic rings. The van der Waals surface area contributed by atoms with E-state index in [1.165, 1.54) is 24.8 Å². The minimum absolute atomic E-state index is 0.0723. The van der Waals surface area contributed by atoms with Crippen LogP contribution >= 0.6 is 0 Å². The van der Waals surface area contributed by atoms with Gasteiger partial charge in [0.15, 0.2) is 0 Å². The molecule has 1 amide bonds. The number of hydrogen-bond donors (Lipinski definition) is 1. The molecule has 1 N–H and O–H groups in total. The molecule has 1 aromatic rings. The van der Waals surface area contributed by atoms with Gasteiger partial charge in [-0.1, -0.05) is 72.9 Å². The molecule has 0 heterocycles. The SMILES string of the molecule is CC(C)(C)c1ccc(OC(=O)NC2CCCCC2)c(C(C)(C)C)c1. The summed E-state index contributed by atoms with van der Waals surface area (Å²) in [6.45, 7) is 13.1. The molecule has 24 heavy (non-hydrogen) atoms. The second kappa shape index (κ2) is 7.16. The molecule has 134 valence electrons. The molecular weight excluding hydrogens is 298 g/mol. The third-order valence-corrected chi connectivity index (χ3v) is 4.78. The van der Waals surface area contributed by atoms with E-state index in [4.69, 9.17) is 4.74 Å². The van der Waals surface area contributed by atoms with Crippen LogP contribution in [0.5, 0.6) is 5.75 Å². The monoisotopic (exact) mass is 331 g/mol. The molecule has 0 aromatic heterocycles. The molecule has 0 saturated heterocycles. The Morgan fingerprint density at radius 3 is 2.17 bits per heavy atom. The summed E-state index contributed by atoms with van der Waals surface area (Å²) in [6.07, 6.45) is 5.46. The molecule has 0 unspecified atom stereocenters. The van der Waals surface area contributed by atoms with Crippen molar-refractivity contribution in [1.82, 2.24) is 5.32 Å². The number of benzene rings is 1. The number of rotatable bonds is 2. The first-order valence-electron chi connectivity index (χ1n) is 9.21. The quantitative estimate of drug-likeness (QED) is 0.754. The van der Waals surface area contributed by atoms with E-state index in [0.29, 0.717) is 5.75 Å². The van der Waals surface area contributed by atoms with Crippen LogP contribution in [-0.4, -0.2) is 12.1 Å². The average Bonchev–Trinajstić information content (AvgIpc) is 2.46. The van der Waals surface area contributed by atoms with E-state index >= 15 is 0 Å². The smallest absolute Gasteiger partial charge is 0.410 e. The van der Waals surface area contributed by atoms with Crippen LogP contribution in [0.3, 0.4) is 0 Å². The molecule has 1 aromatic carbocycles. The van der Waals surface area contributed by atoms with E-state index < -0.39 is 0 Å². The largest absolute Gasteiger partial charge is 0.412 e. The topological polar surface area (TPSA) is 38.3 Å². The van der Waals surface area contributed by atoms with Crippen LogP contribution in [0, 0.1) is 0 Å². The summed E-state index contributed by atoms with van der Waals surface area (Å²) in [7, 11) is 0. The van der Waals surface area contributed by atoms with Gasteiger partial charge in [-0.2, -0.15) is 0 Å². The summed E-state index contributed by atoms with van der Waals surface area (Å²) >= 11 is 0. The summed E-state index contributed by atoms with van der Waals surface area (Å²) < 4.78 is 5.69. The molecule has 3 heteroatoms. The molecule has 1 fully saturated rings. The predicted octanol–water partition coefficient (Wildman–Crippen LogP) is 5.70. The van der Waals surface area contributed by atoms with Gasteiger partial charge < -0.3 is 10.1 Å². The van der Waals surface area contributed by atoms with Crippen molar-refractivity contribution in [2.45, 2.75) is 90.5 Å². The summed E-state index contributed by atoms with van der Waals surface area (Å²) in [5.41, 5.74) is 2.33. The van der Waals surface area contributed by atoms with E-state index in [1.54, 1.807) is 0 Å². The van der Waals surface area contributed by atoms with Gasteiger partial charge in [0.1, 0.15) is 5.75 Å². The lowest BCUT2D eigenvalue weighted by atomic mass is 9.80. The standard InChI is InChI=1S/C21H33NO2/c1-20(2,3)15-12-13-18(17(14-15)21(4,5)6)24-19(23)22-16-10-8-7-9-11-16/h12-14,16H,7-11H2,1-6H3,(H,22,23). The Morgan fingerprint density at radius 1 is 1.00 bits per heavy atom. The van der Waals surface area contributed by atoms with Gasteiger partial charge in [-0.15, -0.1) is 0 Å². The lowest BCUT2D eigenvalue weighted by Gasteiger charge is -2.27. The number of carbonyl (C=O) groups excluding carboxylic acids is 1. The maximum absolute atomic E-state index is 12.3. The Labute approximate surface area is 147 Å². The van der Waals surface area contributed by atoms with Crippen molar-refractivity contribution < 1.29 is 9.53 Å². The van der Waals surface area contributed by atoms with Gasteiger partial charge in [-0.3, -0.25) is 0 Å². The number of ether oxygens (including phenoxy) is 1. The normalized spacial score (nSPS) is 16.8. The molecule has 0 atom stereocenters. The zero-order valence-corrected chi connectivity index (χ0v) is 16.2. The fraction of sp³-hybridized carbons (Fsp3) is 0.667. The third-order valence-electron chi connectivity index (χ3n) is 4.78. The highest BCUT2D eigenvalue weighted by Gasteiger charge is 2.25. The molecular formula is C21H33NO2. The maximum atomic E-state index is 12.3. The second-order valence-electron chi connectivity index (χ2n) is 9.08. The Balaban J connectivity index is 2.17. The van der Waals surface area contributed by atoms with Crippen LogP contribution in [0.4, 0.5) is 4.79 Å². The van der Waals surface area contributed by atoms with Crippen LogP contribution in [0.1, 0.15) is 84.8 Å². The molecule has 1 saturated carbocycles. The van der Waals surface area contributed by atoms with Crippen LogP contribution in [0.2, 0.25) is 0 Å². The van der Waals surface area contributed by atoms with Gasteiger partial charge in [-0.25, -0.2) is 4.79 Å². The van der Waals surface area contributed by atoms with Gasteiger partial charge in [0.25, 0.3) is 0 Å². The van der Waals surface area contributed by atoms with E-state index in [-0.39, 0.29) is 23.0 Å². The summed E-state index contributed by atoms with van der Waals surface area (Å²) in [5, 5.41) is 3.03. The summed E-state index contributed by atoms with van der Waals surface area (Å²) in [5.74, 6) is 0.670. The first kappa shape index (κ1) is 18.8. The fourth-order valence-electron chi connectivity index (χ4n) is 3.21. The van der Waals surface area contributed by atoms with Crippen molar-refractivity contribution in [2.24, 2.45) is 0 Å². The van der Waals surface area contributed by atoms with Crippen molar-refractivity contribution in [1.29, 1.82) is 0 Å². The lowest BCUT2D eigenvalue weighted by molar-refractivity contribution is 0.191. The lowest BCUT2D eigenvalue weighted by Crippen LogP contribution is -2.38. The molecule has 1 aliphatic carbocycles. The molecule has 0 bridgehead atoms. The number of nitrogens with one attached hydrogen (secondary N) is 1. The van der Waals surface area contributed by atoms with Gasteiger partial charge >= 0.3 is 6.09 Å². The summed E-state index contributed by atoms with van der Waals surface area (Å²) in [4.78, 5) is 12.3. The van der Waals surface area contributed by atoms with E-state index in [2.05, 4.69) is 59.0 Å². The van der Waals surface area contributed by atoms with Crippen molar-refractivity contribution >= 4 is 6.09 Å². The first-order valence-corrected chi connectivity index (χ1v) is 9.21. The van der Waals surface area contributed by atoms with Crippen LogP contribution in [0.25, 0.3) is 0 Å². The van der Waals surface area contributed by atoms with Crippen LogP contribution < -0.4 is 10.1 Å². The van der Waals surface area contributed by atoms with Crippen LogP contribution in [0.15, 0.2) is 18.2 Å². The number of carbonyl (C=O) groups is 1. The highest BCUT2D eigenvalue weighted by atomic mass is 16.6. The minimum atomic E-state index is -0.323. The Hall–Kier alpha value is -1.51. The average molecular weight is 332 g/mol. The molecule has 0 radical (unpaired) electrons. The van der Waals surface area contributed by atoms with Gasteiger partial charge in [0.2, 0.25) is 0 Å². The van der Waals surface area contributed by atoms with Gasteiger partial charge in [0.05, 0.1) is 0 Å². The van der Waals surface area contributed by atoms with Crippen LogP contribution in [-0.2, 0) is 10.8 Å². The Bertz CT molecular complexity index is 572. The first-order chi connectivity index (χ1) is 11.1. The van der Waals surface area contributed by atoms with Gasteiger partial charge in [0, 0.05) is 11.6 Å². The maximum Gasteiger partial charge on any atom is 0.412 e. The highest BCUT2D eigenvalue weighted by molar-refractivity contribution is 5.71. The number of hydrogen-bond acceptors (Lipinski definition) is 2. The molecule has 0 aliphatic heterocycles. The van der Waals surface area contributed by atoms with E-state index in [0.717, 1.165) is 18.4 Å². The minimum Gasteiger partial charge on any atom is -0.410 e. The molecule has 3 nitrogen and oxygen atoms in total. The Kier molecular flexibility index (Phi) is 5.62. The summed E-state index contributed by atoms with van der Waals surface area (Å²) in [6, 6.07) is 6.46. The van der Waals surface area contributed by atoms with Crippen molar-refractivity contribution in [3.8, 4) is 5.75 Å². The zero-order chi connectivity index (χ0) is 18.0. The second-order valence-corrected chi connectivity index (χ2v) is 9.08.